The Labute approximate surface area is 357 Å². The molecule has 1 amide bonds. The molecule has 4 N–H and O–H groups in total. The lowest BCUT2D eigenvalue weighted by Gasteiger charge is -2.32. The molecular formula is C45H50ClF2N9O4. The number of carboxylic acid groups (broad SMARTS) is 1. The van der Waals surface area contributed by atoms with Crippen molar-refractivity contribution in [3.8, 4) is 11.1 Å². The molecule has 3 aromatic heterocycles. The summed E-state index contributed by atoms with van der Waals surface area (Å²) in [6, 6.07) is 12.9. The van der Waals surface area contributed by atoms with Gasteiger partial charge in [0.1, 0.15) is 5.52 Å². The maximum absolute atomic E-state index is 14.1. The van der Waals surface area contributed by atoms with Crippen molar-refractivity contribution in [1.29, 1.82) is 0 Å². The van der Waals surface area contributed by atoms with Gasteiger partial charge in [-0.25, -0.2) is 23.7 Å². The topological polar surface area (TPSA) is 162 Å². The summed E-state index contributed by atoms with van der Waals surface area (Å²) in [6.45, 7) is 7.32. The van der Waals surface area contributed by atoms with Gasteiger partial charge in [-0.1, -0.05) is 35.9 Å². The summed E-state index contributed by atoms with van der Waals surface area (Å²) in [5, 5.41) is 26.5. The number of alkyl halides is 2. The number of hydrogen-bond donors (Lipinski definition) is 4. The number of amides is 1. The quantitative estimate of drug-likeness (QED) is 0.0961. The summed E-state index contributed by atoms with van der Waals surface area (Å²) >= 11 is 7.05. The monoisotopic (exact) mass is 853 g/mol. The number of hydrogen-bond acceptors (Lipinski definition) is 10. The highest BCUT2D eigenvalue weighted by molar-refractivity contribution is 6.36. The Morgan fingerprint density at radius 3 is 2.51 bits per heavy atom. The number of aliphatic hydroxyl groups excluding tert-OH is 1. The van der Waals surface area contributed by atoms with E-state index in [9.17, 15) is 28.6 Å². The van der Waals surface area contributed by atoms with Crippen LogP contribution in [0.4, 0.5) is 26.0 Å². The van der Waals surface area contributed by atoms with Crippen molar-refractivity contribution >= 4 is 51.7 Å². The van der Waals surface area contributed by atoms with E-state index < -0.39 is 29.7 Å². The molecule has 1 saturated heterocycles. The molecule has 2 saturated carbocycles. The number of rotatable bonds is 12. The lowest BCUT2D eigenvalue weighted by atomic mass is 9.80. The molecule has 2 aliphatic carbocycles. The van der Waals surface area contributed by atoms with Crippen LogP contribution in [0.15, 0.2) is 48.7 Å². The van der Waals surface area contributed by atoms with Crippen molar-refractivity contribution in [2.75, 3.05) is 30.3 Å². The number of carbonyl (C=O) groups is 2. The zero-order chi connectivity index (χ0) is 42.8. The van der Waals surface area contributed by atoms with Crippen LogP contribution < -0.4 is 10.6 Å². The van der Waals surface area contributed by atoms with Crippen molar-refractivity contribution in [3.05, 3.63) is 87.8 Å². The van der Waals surface area contributed by atoms with E-state index in [2.05, 4.69) is 35.4 Å². The molecule has 3 fully saturated rings. The lowest BCUT2D eigenvalue weighted by Crippen LogP contribution is -2.34. The zero-order valence-corrected chi connectivity index (χ0v) is 35.3. The Morgan fingerprint density at radius 2 is 1.80 bits per heavy atom. The SMILES string of the molecule is Cc1c(Nc2nc(C(F)F)nc3cc(CN4C[C@@H](O)C[C@H]4C)cnc23)cccc1-c1cccc(NC(=O)c2nc3c(n2C)CCN(CCC24CCC(C(=O)O)(CC2)C4)C3)c1Cl. The van der Waals surface area contributed by atoms with E-state index in [0.717, 1.165) is 86.1 Å². The van der Waals surface area contributed by atoms with Crippen LogP contribution in [0.3, 0.4) is 0 Å². The number of β-amino-alcohol motifs (C(OH)–C–C–N with tert-alkyl or cyclic N) is 1. The Bertz CT molecular complexity index is 2540. The summed E-state index contributed by atoms with van der Waals surface area (Å²) in [6.07, 6.45) is 5.09. The standard InChI is InChI=1S/C45H50ClF2N9O4/c1-25-18-28(58)22-57(25)21-27-19-33-37(49-20-27)39(54-40(51-33)38(47)48)50-31-8-4-6-29(26(31)2)30-7-5-9-32(36(30)46)53-42(59)41-52-34-23-56(16-10-35(34)55(41)3)17-15-44-11-13-45(24-44,14-12-44)43(60)61/h4-9,19-20,25,28,38,58H,10-18,21-24H2,1-3H3,(H,53,59)(H,60,61)(H,50,51,54)/t25-,28+,44?,45?/m1/s1. The summed E-state index contributed by atoms with van der Waals surface area (Å²) < 4.78 is 30.1. The van der Waals surface area contributed by atoms with Gasteiger partial charge in [-0.3, -0.25) is 24.4 Å². The first kappa shape index (κ1) is 41.3. The Kier molecular flexibility index (Phi) is 10.8. The first-order valence-electron chi connectivity index (χ1n) is 21.1. The van der Waals surface area contributed by atoms with Gasteiger partial charge >= 0.3 is 5.97 Å². The molecule has 2 aromatic carbocycles. The molecule has 61 heavy (non-hydrogen) atoms. The fraction of sp³-hybridized carbons (Fsp3) is 0.467. The van der Waals surface area contributed by atoms with Crippen LogP contribution in [-0.4, -0.2) is 88.2 Å². The van der Waals surface area contributed by atoms with Crippen molar-refractivity contribution in [2.24, 2.45) is 17.9 Å². The number of likely N-dealkylation sites (tertiary alicyclic amines) is 1. The van der Waals surface area contributed by atoms with Crippen LogP contribution in [0.2, 0.25) is 5.02 Å². The third-order valence-electron chi connectivity index (χ3n) is 13.9. The van der Waals surface area contributed by atoms with Gasteiger partial charge in [-0.2, -0.15) is 0 Å². The minimum atomic E-state index is -2.91. The second kappa shape index (κ2) is 16.0. The molecule has 320 valence electrons. The van der Waals surface area contributed by atoms with Gasteiger partial charge in [-0.05, 0) is 106 Å². The highest BCUT2D eigenvalue weighted by Gasteiger charge is 2.57. The van der Waals surface area contributed by atoms with E-state index >= 15 is 0 Å². The fourth-order valence-electron chi connectivity index (χ4n) is 10.4. The lowest BCUT2D eigenvalue weighted by molar-refractivity contribution is -0.148. The number of pyridine rings is 1. The molecule has 5 aromatic rings. The van der Waals surface area contributed by atoms with Crippen LogP contribution in [0.25, 0.3) is 22.2 Å². The predicted molar refractivity (Wildman–Crippen MR) is 228 cm³/mol. The first-order valence-corrected chi connectivity index (χ1v) is 21.4. The average Bonchev–Trinajstić information content (AvgIpc) is 3.99. The van der Waals surface area contributed by atoms with Gasteiger partial charge in [0, 0.05) is 68.8 Å². The van der Waals surface area contributed by atoms with Gasteiger partial charge in [0.15, 0.2) is 17.5 Å². The number of halogens is 3. The number of nitrogens with zero attached hydrogens (tertiary/aromatic N) is 7. The van der Waals surface area contributed by atoms with Crippen LogP contribution in [-0.2, 0) is 31.4 Å². The van der Waals surface area contributed by atoms with E-state index in [1.165, 1.54) is 0 Å². The molecule has 2 atom stereocenters. The number of aliphatic carboxylic acids is 1. The Balaban J connectivity index is 0.909. The Morgan fingerprint density at radius 1 is 1.05 bits per heavy atom. The van der Waals surface area contributed by atoms with E-state index in [1.54, 1.807) is 18.3 Å². The maximum atomic E-state index is 14.1. The number of carbonyl (C=O) groups excluding carboxylic acids is 1. The average molecular weight is 854 g/mol. The van der Waals surface area contributed by atoms with Crippen molar-refractivity contribution in [3.63, 3.8) is 0 Å². The summed E-state index contributed by atoms with van der Waals surface area (Å²) in [5.41, 5.74) is 6.09. The van der Waals surface area contributed by atoms with E-state index in [1.807, 2.05) is 55.8 Å². The number of imidazole rings is 1. The second-order valence-corrected chi connectivity index (χ2v) is 18.1. The van der Waals surface area contributed by atoms with Crippen LogP contribution in [0, 0.1) is 17.8 Å². The van der Waals surface area contributed by atoms with Crippen LogP contribution in [0.5, 0.6) is 0 Å². The molecule has 0 spiro atoms. The molecule has 2 aliphatic heterocycles. The van der Waals surface area contributed by atoms with Gasteiger partial charge in [-0.15, -0.1) is 0 Å². The molecule has 0 unspecified atom stereocenters. The largest absolute Gasteiger partial charge is 0.481 e. The summed E-state index contributed by atoms with van der Waals surface area (Å²) in [5.74, 6) is -1.21. The molecule has 0 radical (unpaired) electrons. The molecule has 4 aliphatic rings. The van der Waals surface area contributed by atoms with Gasteiger partial charge < -0.3 is 25.4 Å². The van der Waals surface area contributed by atoms with Gasteiger partial charge in [0.05, 0.1) is 33.4 Å². The summed E-state index contributed by atoms with van der Waals surface area (Å²) in [4.78, 5) is 48.1. The van der Waals surface area contributed by atoms with Crippen molar-refractivity contribution in [1.82, 2.24) is 34.3 Å². The number of aromatic nitrogens is 5. The summed E-state index contributed by atoms with van der Waals surface area (Å²) in [7, 11) is 1.86. The second-order valence-electron chi connectivity index (χ2n) is 17.8. The number of anilines is 3. The minimum absolute atomic E-state index is 0.117. The normalized spacial score (nSPS) is 23.9. The molecule has 5 heterocycles. The third kappa shape index (κ3) is 7.74. The van der Waals surface area contributed by atoms with Crippen LogP contribution in [0.1, 0.15) is 97.3 Å². The molecule has 9 rings (SSSR count). The molecule has 13 nitrogen and oxygen atoms in total. The molecular weight excluding hydrogens is 804 g/mol. The zero-order valence-electron chi connectivity index (χ0n) is 34.5. The highest BCUT2D eigenvalue weighted by atomic mass is 35.5. The number of benzene rings is 2. The Hall–Kier alpha value is -5.09. The smallest absolute Gasteiger partial charge is 0.309 e. The van der Waals surface area contributed by atoms with Gasteiger partial charge in [0.2, 0.25) is 0 Å². The van der Waals surface area contributed by atoms with Crippen molar-refractivity contribution < 1.29 is 28.6 Å². The number of carboxylic acids is 1. The van der Waals surface area contributed by atoms with E-state index in [4.69, 9.17) is 16.6 Å². The predicted octanol–water partition coefficient (Wildman–Crippen LogP) is 8.06. The fourth-order valence-corrected chi connectivity index (χ4v) is 10.7. The van der Waals surface area contributed by atoms with E-state index in [-0.39, 0.29) is 34.5 Å². The molecule has 16 heteroatoms. The van der Waals surface area contributed by atoms with Crippen LogP contribution >= 0.6 is 11.6 Å². The van der Waals surface area contributed by atoms with Gasteiger partial charge in [0.25, 0.3) is 12.3 Å². The third-order valence-corrected chi connectivity index (χ3v) is 14.3. The molecule has 2 bridgehead atoms. The first-order chi connectivity index (χ1) is 29.2. The highest BCUT2D eigenvalue weighted by Crippen LogP contribution is 2.63. The number of aliphatic hydroxyl groups is 1. The minimum Gasteiger partial charge on any atom is -0.481 e. The maximum Gasteiger partial charge on any atom is 0.309 e. The van der Waals surface area contributed by atoms with E-state index in [0.29, 0.717) is 53.5 Å². The number of fused-ring (bicyclic) bond motifs is 4. The van der Waals surface area contributed by atoms with Crippen molar-refractivity contribution in [2.45, 2.75) is 96.9 Å². The number of nitrogens with one attached hydrogen (secondary N) is 2.